The summed E-state index contributed by atoms with van der Waals surface area (Å²) in [4.78, 5) is 19.1. The molecule has 1 aliphatic heterocycles. The highest BCUT2D eigenvalue weighted by Gasteiger charge is 2.34. The van der Waals surface area contributed by atoms with Crippen molar-refractivity contribution in [2.75, 3.05) is 18.1 Å². The number of aromatic nitrogens is 3. The fourth-order valence-electron chi connectivity index (χ4n) is 6.08. The molecular formula is C36H43N5O3. The summed E-state index contributed by atoms with van der Waals surface area (Å²) < 4.78 is 13.1. The maximum Gasteiger partial charge on any atom is 0.407 e. The lowest BCUT2D eigenvalue weighted by Crippen LogP contribution is -2.43. The van der Waals surface area contributed by atoms with Crippen LogP contribution in [0.3, 0.4) is 0 Å². The minimum atomic E-state index is -0.537. The first kappa shape index (κ1) is 29.7. The number of pyridine rings is 1. The molecule has 2 atom stereocenters. The van der Waals surface area contributed by atoms with Crippen molar-refractivity contribution in [1.82, 2.24) is 20.1 Å². The number of hydrogen-bond acceptors (Lipinski definition) is 6. The Morgan fingerprint density at radius 2 is 1.77 bits per heavy atom. The van der Waals surface area contributed by atoms with Crippen molar-refractivity contribution in [3.05, 3.63) is 95.4 Å². The lowest BCUT2D eigenvalue weighted by Gasteiger charge is -2.44. The van der Waals surface area contributed by atoms with E-state index >= 15 is 0 Å². The molecule has 1 saturated carbocycles. The van der Waals surface area contributed by atoms with Gasteiger partial charge in [-0.3, -0.25) is 4.68 Å². The largest absolute Gasteiger partial charge is 0.476 e. The van der Waals surface area contributed by atoms with Gasteiger partial charge in [-0.25, -0.2) is 9.78 Å². The highest BCUT2D eigenvalue weighted by atomic mass is 16.6. The minimum Gasteiger partial charge on any atom is -0.476 e. The van der Waals surface area contributed by atoms with Crippen LogP contribution in [0.15, 0.2) is 73.2 Å². The van der Waals surface area contributed by atoms with E-state index in [1.165, 1.54) is 40.8 Å². The number of alkyl carbamates (subject to hydrolysis) is 1. The third-order valence-electron chi connectivity index (χ3n) is 8.33. The molecule has 2 aromatic heterocycles. The Kier molecular flexibility index (Phi) is 8.34. The van der Waals surface area contributed by atoms with E-state index in [0.29, 0.717) is 19.0 Å². The van der Waals surface area contributed by atoms with Crippen molar-refractivity contribution in [3.8, 4) is 17.0 Å². The average molecular weight is 594 g/mol. The van der Waals surface area contributed by atoms with Crippen LogP contribution in [0.4, 0.5) is 10.5 Å². The number of carbonyl (C=O) groups is 1. The van der Waals surface area contributed by atoms with Gasteiger partial charge in [0.2, 0.25) is 5.88 Å². The van der Waals surface area contributed by atoms with Crippen LogP contribution in [-0.2, 0) is 17.7 Å². The van der Waals surface area contributed by atoms with Crippen molar-refractivity contribution in [2.24, 2.45) is 0 Å². The zero-order valence-corrected chi connectivity index (χ0v) is 26.4. The molecule has 8 nitrogen and oxygen atoms in total. The van der Waals surface area contributed by atoms with E-state index in [4.69, 9.17) is 9.47 Å². The van der Waals surface area contributed by atoms with Gasteiger partial charge in [0, 0.05) is 42.3 Å². The molecule has 1 N–H and O–H groups in total. The zero-order valence-electron chi connectivity index (χ0n) is 26.4. The maximum absolute atomic E-state index is 11.9. The Hall–Kier alpha value is -4.33. The van der Waals surface area contributed by atoms with E-state index in [9.17, 15) is 4.79 Å². The van der Waals surface area contributed by atoms with Gasteiger partial charge in [-0.05, 0) is 106 Å². The molecule has 8 heteroatoms. The molecule has 2 aromatic carbocycles. The van der Waals surface area contributed by atoms with Crippen LogP contribution in [-0.4, -0.2) is 45.7 Å². The number of ether oxygens (including phenoxy) is 2. The number of hydrogen-bond donors (Lipinski definition) is 1. The van der Waals surface area contributed by atoms with E-state index in [1.54, 1.807) is 0 Å². The van der Waals surface area contributed by atoms with Gasteiger partial charge in [0.15, 0.2) is 0 Å². The second kappa shape index (κ2) is 12.3. The van der Waals surface area contributed by atoms with Gasteiger partial charge < -0.3 is 19.7 Å². The molecule has 3 heterocycles. The Morgan fingerprint density at radius 3 is 2.43 bits per heavy atom. The first-order chi connectivity index (χ1) is 21.2. The average Bonchev–Trinajstić information content (AvgIpc) is 3.74. The molecule has 1 amide bonds. The van der Waals surface area contributed by atoms with Crippen molar-refractivity contribution in [3.63, 3.8) is 0 Å². The van der Waals surface area contributed by atoms with Crippen LogP contribution >= 0.6 is 0 Å². The molecule has 0 spiro atoms. The van der Waals surface area contributed by atoms with Gasteiger partial charge in [0.25, 0.3) is 0 Å². The van der Waals surface area contributed by atoms with Crippen molar-refractivity contribution < 1.29 is 14.3 Å². The molecule has 4 aromatic rings. The Morgan fingerprint density at radius 1 is 1.00 bits per heavy atom. The van der Waals surface area contributed by atoms with E-state index in [2.05, 4.69) is 88.9 Å². The number of rotatable bonds is 9. The topological polar surface area (TPSA) is 81.5 Å². The number of carbonyl (C=O) groups excluding carboxylic acids is 1. The van der Waals surface area contributed by atoms with Gasteiger partial charge in [-0.2, -0.15) is 5.10 Å². The summed E-state index contributed by atoms with van der Waals surface area (Å²) in [5, 5.41) is 7.22. The van der Waals surface area contributed by atoms with E-state index in [0.717, 1.165) is 30.0 Å². The Labute approximate surface area is 260 Å². The summed E-state index contributed by atoms with van der Waals surface area (Å²) in [7, 11) is 0. The maximum atomic E-state index is 11.9. The second-order valence-corrected chi connectivity index (χ2v) is 12.9. The first-order valence-electron chi connectivity index (χ1n) is 15.8. The fraction of sp³-hybridized carbons (Fsp3) is 0.417. The van der Waals surface area contributed by atoms with Gasteiger partial charge in [0.1, 0.15) is 12.2 Å². The third-order valence-corrected chi connectivity index (χ3v) is 8.33. The molecule has 0 unspecified atom stereocenters. The summed E-state index contributed by atoms with van der Waals surface area (Å²) in [6, 6.07) is 20.3. The molecule has 1 fully saturated rings. The van der Waals surface area contributed by atoms with Crippen LogP contribution in [0, 0.1) is 0 Å². The highest BCUT2D eigenvalue weighted by Crippen LogP contribution is 2.44. The molecule has 0 bridgehead atoms. The third kappa shape index (κ3) is 6.74. The minimum absolute atomic E-state index is 0.00308. The van der Waals surface area contributed by atoms with Gasteiger partial charge in [-0.15, -0.1) is 0 Å². The first-order valence-corrected chi connectivity index (χ1v) is 15.8. The van der Waals surface area contributed by atoms with Crippen LogP contribution in [0.25, 0.3) is 11.1 Å². The van der Waals surface area contributed by atoms with Crippen molar-refractivity contribution >= 4 is 11.8 Å². The SMILES string of the molecule is CCn1cc(-c2ccc3c(c2)C[C@@H](C)N(c2ccc(C4CC4)cc2)[C@@H]3c2ccc(OCCNC(=O)OC(C)(C)C)nc2)cn1. The molecule has 2 aliphatic rings. The number of nitrogens with one attached hydrogen (secondary N) is 1. The number of aryl methyl sites for hydroxylation is 1. The molecular weight excluding hydrogens is 550 g/mol. The number of anilines is 1. The van der Waals surface area contributed by atoms with Crippen LogP contribution < -0.4 is 15.0 Å². The molecule has 0 saturated heterocycles. The van der Waals surface area contributed by atoms with Gasteiger partial charge in [0.05, 0.1) is 18.8 Å². The molecule has 0 radical (unpaired) electrons. The van der Waals surface area contributed by atoms with Crippen LogP contribution in [0.5, 0.6) is 5.88 Å². The number of benzene rings is 2. The smallest absolute Gasteiger partial charge is 0.407 e. The van der Waals surface area contributed by atoms with Crippen molar-refractivity contribution in [2.45, 2.75) is 84.0 Å². The van der Waals surface area contributed by atoms with E-state index in [1.807, 2.05) is 43.9 Å². The summed E-state index contributed by atoms with van der Waals surface area (Å²) in [5.74, 6) is 1.25. The zero-order chi connectivity index (χ0) is 30.8. The monoisotopic (exact) mass is 593 g/mol. The number of fused-ring (bicyclic) bond motifs is 1. The van der Waals surface area contributed by atoms with Crippen LogP contribution in [0.2, 0.25) is 0 Å². The second-order valence-electron chi connectivity index (χ2n) is 12.9. The summed E-state index contributed by atoms with van der Waals surface area (Å²) in [5.41, 5.74) is 8.21. The van der Waals surface area contributed by atoms with Crippen LogP contribution in [0.1, 0.15) is 81.7 Å². The molecule has 230 valence electrons. The Balaban J connectivity index is 1.25. The lowest BCUT2D eigenvalue weighted by molar-refractivity contribution is 0.0520. The number of nitrogens with zero attached hydrogens (tertiary/aromatic N) is 4. The van der Waals surface area contributed by atoms with Crippen molar-refractivity contribution in [1.29, 1.82) is 0 Å². The summed E-state index contributed by atoms with van der Waals surface area (Å²) in [6.45, 7) is 11.4. The molecule has 6 rings (SSSR count). The quantitative estimate of drug-likeness (QED) is 0.205. The normalized spacial score (nSPS) is 18.1. The summed E-state index contributed by atoms with van der Waals surface area (Å²) >= 11 is 0. The standard InChI is InChI=1S/C36H43N5O3/c1-6-40-23-30(22-39-40)27-11-15-32-29(20-27)19-24(2)41(31-13-9-26(10-14-31)25-7-8-25)34(32)28-12-16-33(38-21-28)43-18-17-37-35(42)44-36(3,4)5/h9-16,20-25,34H,6-8,17-19H2,1-5H3,(H,37,42)/t24-,34-/m1/s1. The number of amides is 1. The summed E-state index contributed by atoms with van der Waals surface area (Å²) in [6.07, 6.45) is 9.08. The predicted octanol–water partition coefficient (Wildman–Crippen LogP) is 7.29. The highest BCUT2D eigenvalue weighted by molar-refractivity contribution is 5.68. The van der Waals surface area contributed by atoms with Gasteiger partial charge in [-0.1, -0.05) is 30.3 Å². The molecule has 44 heavy (non-hydrogen) atoms. The lowest BCUT2D eigenvalue weighted by atomic mass is 9.83. The van der Waals surface area contributed by atoms with E-state index in [-0.39, 0.29) is 12.1 Å². The predicted molar refractivity (Wildman–Crippen MR) is 173 cm³/mol. The van der Waals surface area contributed by atoms with E-state index < -0.39 is 11.7 Å². The fourth-order valence-corrected chi connectivity index (χ4v) is 6.08. The van der Waals surface area contributed by atoms with Gasteiger partial charge >= 0.3 is 6.09 Å². The Bertz CT molecular complexity index is 1590. The molecule has 1 aliphatic carbocycles.